The third-order valence-corrected chi connectivity index (χ3v) is 3.11. The summed E-state index contributed by atoms with van der Waals surface area (Å²) in [6, 6.07) is 1.34. The molecule has 1 heterocycles. The average Bonchev–Trinajstić information content (AvgIpc) is 2.69. The molecule has 1 atom stereocenters. The lowest BCUT2D eigenvalue weighted by Gasteiger charge is -2.29. The van der Waals surface area contributed by atoms with Crippen LogP contribution in [0.15, 0.2) is 0 Å². The summed E-state index contributed by atoms with van der Waals surface area (Å²) in [7, 11) is 0. The molecule has 1 rings (SSSR count). The predicted octanol–water partition coefficient (Wildman–Crippen LogP) is 1.86. The van der Waals surface area contributed by atoms with Gasteiger partial charge in [-0.2, -0.15) is 0 Å². The van der Waals surface area contributed by atoms with E-state index >= 15 is 0 Å². The molecular formula is C13H24N2. The number of nitrogens with one attached hydrogen (secondary N) is 1. The van der Waals surface area contributed by atoms with Crippen LogP contribution in [-0.4, -0.2) is 36.6 Å². The summed E-state index contributed by atoms with van der Waals surface area (Å²) in [6.45, 7) is 8.05. The van der Waals surface area contributed by atoms with Crippen LogP contribution in [0.2, 0.25) is 0 Å². The highest BCUT2D eigenvalue weighted by Gasteiger charge is 2.18. The lowest BCUT2D eigenvalue weighted by Crippen LogP contribution is -2.41. The predicted molar refractivity (Wildman–Crippen MR) is 65.8 cm³/mol. The molecule has 0 aromatic carbocycles. The first-order valence-electron chi connectivity index (χ1n) is 6.15. The van der Waals surface area contributed by atoms with Crippen molar-refractivity contribution in [3.63, 3.8) is 0 Å². The molecule has 1 unspecified atom stereocenters. The quantitative estimate of drug-likeness (QED) is 0.529. The maximum absolute atomic E-state index is 5.27. The van der Waals surface area contributed by atoms with Crippen molar-refractivity contribution in [1.82, 2.24) is 10.2 Å². The van der Waals surface area contributed by atoms with Crippen LogP contribution in [0.3, 0.4) is 0 Å². The summed E-state index contributed by atoms with van der Waals surface area (Å²) in [6.07, 6.45) is 9.97. The molecule has 0 spiro atoms. The Hall–Kier alpha value is -0.520. The van der Waals surface area contributed by atoms with Gasteiger partial charge in [0.05, 0.1) is 0 Å². The smallest absolute Gasteiger partial charge is 0.0195 e. The maximum Gasteiger partial charge on any atom is 0.0195 e. The van der Waals surface area contributed by atoms with E-state index in [1.807, 2.05) is 0 Å². The van der Waals surface area contributed by atoms with Gasteiger partial charge in [-0.3, -0.25) is 4.90 Å². The molecule has 15 heavy (non-hydrogen) atoms. The van der Waals surface area contributed by atoms with Crippen molar-refractivity contribution in [3.8, 4) is 12.3 Å². The largest absolute Gasteiger partial charge is 0.313 e. The summed E-state index contributed by atoms with van der Waals surface area (Å²) in [5, 5.41) is 3.55. The maximum atomic E-state index is 5.27. The Balaban J connectivity index is 2.26. The second kappa shape index (κ2) is 6.87. The van der Waals surface area contributed by atoms with Crippen LogP contribution in [0.5, 0.6) is 0 Å². The van der Waals surface area contributed by atoms with Gasteiger partial charge in [-0.25, -0.2) is 0 Å². The van der Waals surface area contributed by atoms with Gasteiger partial charge in [0.15, 0.2) is 0 Å². The fourth-order valence-electron chi connectivity index (χ4n) is 2.14. The number of terminal acetylenes is 1. The van der Waals surface area contributed by atoms with Crippen molar-refractivity contribution in [2.75, 3.05) is 19.6 Å². The fourth-order valence-corrected chi connectivity index (χ4v) is 2.14. The Kier molecular flexibility index (Phi) is 5.75. The Morgan fingerprint density at radius 1 is 1.53 bits per heavy atom. The first-order chi connectivity index (χ1) is 7.24. The minimum Gasteiger partial charge on any atom is -0.313 e. The summed E-state index contributed by atoms with van der Waals surface area (Å²) in [5.74, 6) is 2.71. The molecule has 0 bridgehead atoms. The zero-order valence-electron chi connectivity index (χ0n) is 10.1. The normalized spacial score (nSPS) is 21.1. The van der Waals surface area contributed by atoms with E-state index in [4.69, 9.17) is 6.42 Å². The Bertz CT molecular complexity index is 199. The standard InChI is InChI=1S/C13H24N2/c1-4-5-6-10-15(12(2)3)11-13-8-7-9-14-13/h1,12-14H,5-11H2,2-3H3. The zero-order chi connectivity index (χ0) is 11.1. The van der Waals surface area contributed by atoms with E-state index < -0.39 is 0 Å². The molecule has 0 aromatic heterocycles. The van der Waals surface area contributed by atoms with Gasteiger partial charge in [-0.05, 0) is 46.2 Å². The highest BCUT2D eigenvalue weighted by atomic mass is 15.2. The molecule has 1 fully saturated rings. The van der Waals surface area contributed by atoms with Gasteiger partial charge in [0.1, 0.15) is 0 Å². The molecule has 1 aliphatic heterocycles. The highest BCUT2D eigenvalue weighted by Crippen LogP contribution is 2.10. The van der Waals surface area contributed by atoms with E-state index in [0.717, 1.165) is 19.4 Å². The van der Waals surface area contributed by atoms with E-state index in [1.165, 1.54) is 25.9 Å². The Labute approximate surface area is 94.4 Å². The van der Waals surface area contributed by atoms with Crippen LogP contribution >= 0.6 is 0 Å². The fraction of sp³-hybridized carbons (Fsp3) is 0.846. The monoisotopic (exact) mass is 208 g/mol. The molecule has 0 aromatic rings. The van der Waals surface area contributed by atoms with Crippen LogP contribution in [0.25, 0.3) is 0 Å². The van der Waals surface area contributed by atoms with Crippen molar-refractivity contribution in [3.05, 3.63) is 0 Å². The van der Waals surface area contributed by atoms with Crippen LogP contribution in [-0.2, 0) is 0 Å². The first kappa shape index (κ1) is 12.5. The van der Waals surface area contributed by atoms with Crippen molar-refractivity contribution < 1.29 is 0 Å². The minimum absolute atomic E-state index is 0.630. The molecule has 2 nitrogen and oxygen atoms in total. The summed E-state index contributed by atoms with van der Waals surface area (Å²) >= 11 is 0. The van der Waals surface area contributed by atoms with Gasteiger partial charge in [0.25, 0.3) is 0 Å². The zero-order valence-corrected chi connectivity index (χ0v) is 10.1. The molecule has 0 saturated carbocycles. The Morgan fingerprint density at radius 2 is 2.33 bits per heavy atom. The van der Waals surface area contributed by atoms with Gasteiger partial charge >= 0.3 is 0 Å². The second-order valence-corrected chi connectivity index (χ2v) is 4.69. The number of hydrogen-bond donors (Lipinski definition) is 1. The van der Waals surface area contributed by atoms with Crippen molar-refractivity contribution in [2.24, 2.45) is 0 Å². The average molecular weight is 208 g/mol. The number of hydrogen-bond acceptors (Lipinski definition) is 2. The molecule has 1 saturated heterocycles. The molecule has 0 amide bonds. The molecule has 1 N–H and O–H groups in total. The SMILES string of the molecule is C#CCCCN(CC1CCCN1)C(C)C. The second-order valence-electron chi connectivity index (χ2n) is 4.69. The topological polar surface area (TPSA) is 15.3 Å². The molecule has 2 heteroatoms. The van der Waals surface area contributed by atoms with Gasteiger partial charge < -0.3 is 5.32 Å². The van der Waals surface area contributed by atoms with Gasteiger partial charge in [-0.1, -0.05) is 0 Å². The third kappa shape index (κ3) is 4.68. The van der Waals surface area contributed by atoms with Crippen LogP contribution in [0.4, 0.5) is 0 Å². The summed E-state index contributed by atoms with van der Waals surface area (Å²) in [5.41, 5.74) is 0. The number of unbranched alkanes of at least 4 members (excludes halogenated alkanes) is 1. The van der Waals surface area contributed by atoms with E-state index in [-0.39, 0.29) is 0 Å². The number of rotatable bonds is 6. The lowest BCUT2D eigenvalue weighted by atomic mass is 10.1. The van der Waals surface area contributed by atoms with Gasteiger partial charge in [0.2, 0.25) is 0 Å². The van der Waals surface area contributed by atoms with Gasteiger partial charge in [-0.15, -0.1) is 12.3 Å². The van der Waals surface area contributed by atoms with Crippen LogP contribution < -0.4 is 5.32 Å². The van der Waals surface area contributed by atoms with Crippen molar-refractivity contribution in [1.29, 1.82) is 0 Å². The van der Waals surface area contributed by atoms with Crippen LogP contribution in [0, 0.1) is 12.3 Å². The summed E-state index contributed by atoms with van der Waals surface area (Å²) < 4.78 is 0. The molecule has 1 aliphatic rings. The molecule has 0 aliphatic carbocycles. The van der Waals surface area contributed by atoms with E-state index in [0.29, 0.717) is 12.1 Å². The molecule has 86 valence electrons. The van der Waals surface area contributed by atoms with E-state index in [9.17, 15) is 0 Å². The lowest BCUT2D eigenvalue weighted by molar-refractivity contribution is 0.201. The Morgan fingerprint density at radius 3 is 2.87 bits per heavy atom. The number of nitrogens with zero attached hydrogens (tertiary/aromatic N) is 1. The third-order valence-electron chi connectivity index (χ3n) is 3.11. The first-order valence-corrected chi connectivity index (χ1v) is 6.15. The van der Waals surface area contributed by atoms with E-state index in [2.05, 4.69) is 30.0 Å². The van der Waals surface area contributed by atoms with Crippen LogP contribution in [0.1, 0.15) is 39.5 Å². The summed E-state index contributed by atoms with van der Waals surface area (Å²) in [4.78, 5) is 2.54. The van der Waals surface area contributed by atoms with Crippen molar-refractivity contribution >= 4 is 0 Å². The minimum atomic E-state index is 0.630. The molecule has 0 radical (unpaired) electrons. The molecular weight excluding hydrogens is 184 g/mol. The van der Waals surface area contributed by atoms with E-state index in [1.54, 1.807) is 0 Å². The van der Waals surface area contributed by atoms with Crippen molar-refractivity contribution in [2.45, 2.75) is 51.6 Å². The highest BCUT2D eigenvalue weighted by molar-refractivity contribution is 4.84. The van der Waals surface area contributed by atoms with Gasteiger partial charge in [0, 0.05) is 25.0 Å².